The average Bonchev–Trinajstić information content (AvgIpc) is 3.66. The molecule has 1 aromatic heterocycles. The van der Waals surface area contributed by atoms with Crippen molar-refractivity contribution >= 4 is 70.9 Å². The van der Waals surface area contributed by atoms with Gasteiger partial charge in [-0.2, -0.15) is 0 Å². The summed E-state index contributed by atoms with van der Waals surface area (Å²) in [4.78, 5) is 7.25. The van der Waals surface area contributed by atoms with Gasteiger partial charge in [0.05, 0.1) is 10.2 Å². The van der Waals surface area contributed by atoms with Crippen molar-refractivity contribution in [3.8, 4) is 32.8 Å². The van der Waals surface area contributed by atoms with Crippen LogP contribution in [0.25, 0.3) is 75.4 Å². The smallest absolute Gasteiger partial charge is 0.124 e. The van der Waals surface area contributed by atoms with E-state index in [9.17, 15) is 0 Å². The van der Waals surface area contributed by atoms with Crippen molar-refractivity contribution in [1.82, 2.24) is 4.98 Å². The summed E-state index contributed by atoms with van der Waals surface area (Å²) in [6.07, 6.45) is 0. The van der Waals surface area contributed by atoms with Crippen LogP contribution in [0.15, 0.2) is 194 Å². The summed E-state index contributed by atoms with van der Waals surface area (Å²) in [5.41, 5.74) is 10.3. The molecule has 0 aliphatic heterocycles. The van der Waals surface area contributed by atoms with E-state index in [1.807, 2.05) is 6.07 Å². The molecule has 0 saturated heterocycles. The first kappa shape index (κ1) is 30.3. The number of anilines is 3. The maximum atomic E-state index is 4.91. The fourth-order valence-electron chi connectivity index (χ4n) is 7.52. The molecule has 0 aliphatic carbocycles. The van der Waals surface area contributed by atoms with E-state index in [1.54, 1.807) is 11.3 Å². The minimum atomic E-state index is 1.03. The quantitative estimate of drug-likeness (QED) is 0.163. The Morgan fingerprint density at radius 1 is 0.365 bits per heavy atom. The number of nitrogens with zero attached hydrogens (tertiary/aromatic N) is 2. The molecule has 0 N–H and O–H groups in total. The Morgan fingerprint density at radius 2 is 0.904 bits per heavy atom. The van der Waals surface area contributed by atoms with Gasteiger partial charge in [0.2, 0.25) is 0 Å². The number of fused-ring (bicyclic) bond motifs is 6. The van der Waals surface area contributed by atoms with E-state index in [1.165, 1.54) is 59.3 Å². The zero-order valence-corrected chi connectivity index (χ0v) is 29.1. The van der Waals surface area contributed by atoms with E-state index in [0.717, 1.165) is 33.1 Å². The second-order valence-electron chi connectivity index (χ2n) is 13.2. The predicted octanol–water partition coefficient (Wildman–Crippen LogP) is 14.2. The lowest BCUT2D eigenvalue weighted by Gasteiger charge is -2.26. The number of hydrogen-bond acceptors (Lipinski definition) is 3. The molecule has 52 heavy (non-hydrogen) atoms. The third kappa shape index (κ3) is 5.31. The van der Waals surface area contributed by atoms with Gasteiger partial charge in [0.25, 0.3) is 0 Å². The molecule has 0 bridgehead atoms. The molecule has 10 aromatic rings. The molecule has 0 spiro atoms. The van der Waals surface area contributed by atoms with Crippen molar-refractivity contribution in [3.05, 3.63) is 194 Å². The van der Waals surface area contributed by atoms with E-state index in [2.05, 4.69) is 193 Å². The highest BCUT2D eigenvalue weighted by Gasteiger charge is 2.16. The summed E-state index contributed by atoms with van der Waals surface area (Å²) in [6.45, 7) is 0. The molecule has 9 aromatic carbocycles. The highest BCUT2D eigenvalue weighted by Crippen LogP contribution is 2.41. The molecule has 2 nitrogen and oxygen atoms in total. The molecule has 0 amide bonds. The lowest BCUT2D eigenvalue weighted by atomic mass is 9.91. The van der Waals surface area contributed by atoms with Crippen molar-refractivity contribution < 1.29 is 0 Å². The first-order chi connectivity index (χ1) is 25.8. The molecule has 244 valence electrons. The fourth-order valence-corrected chi connectivity index (χ4v) is 8.49. The number of rotatable bonds is 6. The molecule has 1 heterocycles. The molecule has 0 fully saturated rings. The largest absolute Gasteiger partial charge is 0.311 e. The molecule has 3 heteroatoms. The van der Waals surface area contributed by atoms with Gasteiger partial charge in [-0.15, -0.1) is 11.3 Å². The van der Waals surface area contributed by atoms with Crippen LogP contribution < -0.4 is 4.90 Å². The maximum Gasteiger partial charge on any atom is 0.124 e. The predicted molar refractivity (Wildman–Crippen MR) is 223 cm³/mol. The monoisotopic (exact) mass is 680 g/mol. The van der Waals surface area contributed by atoms with Gasteiger partial charge in [-0.05, 0) is 121 Å². The topological polar surface area (TPSA) is 16.1 Å². The highest BCUT2D eigenvalue weighted by molar-refractivity contribution is 7.21. The zero-order chi connectivity index (χ0) is 34.4. The lowest BCUT2D eigenvalue weighted by Crippen LogP contribution is -2.09. The third-order valence-electron chi connectivity index (χ3n) is 10.1. The van der Waals surface area contributed by atoms with Crippen molar-refractivity contribution in [2.24, 2.45) is 0 Å². The molecule has 0 unspecified atom stereocenters. The van der Waals surface area contributed by atoms with Gasteiger partial charge in [-0.25, -0.2) is 4.98 Å². The molecule has 10 rings (SSSR count). The van der Waals surface area contributed by atoms with E-state index in [0.29, 0.717) is 0 Å². The average molecular weight is 681 g/mol. The highest BCUT2D eigenvalue weighted by atomic mass is 32.1. The van der Waals surface area contributed by atoms with Crippen LogP contribution in [0.3, 0.4) is 0 Å². The fraction of sp³-hybridized carbons (Fsp3) is 0. The zero-order valence-electron chi connectivity index (χ0n) is 28.3. The minimum absolute atomic E-state index is 1.03. The SMILES string of the molecule is c1ccc(-c2ccc(N(c3ccc(-c4nc5ccccc5s4)cc3)c3ccc(-c4cc5c6ccccc6ccc5c5ccccc45)cc3)cc2)cc1. The third-order valence-corrected chi connectivity index (χ3v) is 11.2. The number of para-hydroxylation sites is 1. The number of hydrogen-bond donors (Lipinski definition) is 0. The molecule has 0 aliphatic rings. The van der Waals surface area contributed by atoms with E-state index < -0.39 is 0 Å². The van der Waals surface area contributed by atoms with Gasteiger partial charge in [-0.1, -0.05) is 127 Å². The Morgan fingerprint density at radius 3 is 1.62 bits per heavy atom. The van der Waals surface area contributed by atoms with Gasteiger partial charge in [-0.3, -0.25) is 0 Å². The Balaban J connectivity index is 1.08. The van der Waals surface area contributed by atoms with Gasteiger partial charge in [0, 0.05) is 22.6 Å². The Kier molecular flexibility index (Phi) is 7.37. The van der Waals surface area contributed by atoms with Gasteiger partial charge >= 0.3 is 0 Å². The maximum absolute atomic E-state index is 4.91. The molecule has 0 radical (unpaired) electrons. The second-order valence-corrected chi connectivity index (χ2v) is 14.2. The summed E-state index contributed by atoms with van der Waals surface area (Å²) in [5.74, 6) is 0. The number of aromatic nitrogens is 1. The first-order valence-electron chi connectivity index (χ1n) is 17.6. The first-order valence-corrected chi connectivity index (χ1v) is 18.4. The van der Waals surface area contributed by atoms with Crippen LogP contribution in [0.2, 0.25) is 0 Å². The molecule has 0 saturated carbocycles. The lowest BCUT2D eigenvalue weighted by molar-refractivity contribution is 1.28. The van der Waals surface area contributed by atoms with E-state index >= 15 is 0 Å². The van der Waals surface area contributed by atoms with Crippen LogP contribution in [0.4, 0.5) is 17.1 Å². The Hall–Kier alpha value is -6.55. The van der Waals surface area contributed by atoms with Crippen LogP contribution in [0, 0.1) is 0 Å². The number of thiazole rings is 1. The Bertz CT molecular complexity index is 2840. The summed E-state index contributed by atoms with van der Waals surface area (Å²) in [7, 11) is 0. The van der Waals surface area contributed by atoms with E-state index in [-0.39, 0.29) is 0 Å². The van der Waals surface area contributed by atoms with Crippen molar-refractivity contribution in [2.75, 3.05) is 4.90 Å². The molecule has 0 atom stereocenters. The van der Waals surface area contributed by atoms with Crippen LogP contribution in [0.1, 0.15) is 0 Å². The standard InChI is InChI=1S/C49H32N2S/c1-2-10-33(11-3-1)34-18-25-38(26-19-34)51(40-29-22-37(23-30-40)49-50-47-16-8-9-17-48(47)52-49)39-27-20-36(21-28-39)45-32-46-41-13-5-4-12-35(41)24-31-44(46)42-14-6-7-15-43(42)45/h1-32H. The summed E-state index contributed by atoms with van der Waals surface area (Å²) >= 11 is 1.73. The molecular formula is C49H32N2S. The summed E-state index contributed by atoms with van der Waals surface area (Å²) < 4.78 is 1.20. The van der Waals surface area contributed by atoms with Crippen molar-refractivity contribution in [1.29, 1.82) is 0 Å². The van der Waals surface area contributed by atoms with Gasteiger partial charge in [0.15, 0.2) is 0 Å². The molecular weight excluding hydrogens is 649 g/mol. The summed E-state index contributed by atoms with van der Waals surface area (Å²) in [5, 5.41) is 8.68. The van der Waals surface area contributed by atoms with Gasteiger partial charge < -0.3 is 4.90 Å². The van der Waals surface area contributed by atoms with Crippen LogP contribution >= 0.6 is 11.3 Å². The normalized spacial score (nSPS) is 11.5. The van der Waals surface area contributed by atoms with Crippen LogP contribution in [-0.2, 0) is 0 Å². The van der Waals surface area contributed by atoms with Crippen LogP contribution in [0.5, 0.6) is 0 Å². The minimum Gasteiger partial charge on any atom is -0.311 e. The Labute approximate surface area is 306 Å². The van der Waals surface area contributed by atoms with E-state index in [4.69, 9.17) is 4.98 Å². The van der Waals surface area contributed by atoms with Gasteiger partial charge in [0.1, 0.15) is 5.01 Å². The number of benzene rings is 9. The van der Waals surface area contributed by atoms with Crippen LogP contribution in [-0.4, -0.2) is 4.98 Å². The summed E-state index contributed by atoms with van der Waals surface area (Å²) in [6, 6.07) is 70.0. The second kappa shape index (κ2) is 12.6. The van der Waals surface area contributed by atoms with Crippen molar-refractivity contribution in [3.63, 3.8) is 0 Å². The van der Waals surface area contributed by atoms with Crippen molar-refractivity contribution in [2.45, 2.75) is 0 Å².